The van der Waals surface area contributed by atoms with Gasteiger partial charge in [-0.1, -0.05) is 83.1 Å². The van der Waals surface area contributed by atoms with Gasteiger partial charge >= 0.3 is 0 Å². The first-order valence-corrected chi connectivity index (χ1v) is 21.7. The summed E-state index contributed by atoms with van der Waals surface area (Å²) >= 11 is 0. The Morgan fingerprint density at radius 2 is 0.871 bits per heavy atom. The summed E-state index contributed by atoms with van der Waals surface area (Å²) in [6.45, 7) is 15.8. The molecule has 62 heavy (non-hydrogen) atoms. The van der Waals surface area contributed by atoms with Crippen LogP contribution >= 0.6 is 0 Å². The second kappa shape index (κ2) is 15.0. The van der Waals surface area contributed by atoms with Crippen LogP contribution in [0.2, 0.25) is 0 Å². The number of amides is 4. The molecule has 8 rings (SSSR count). The van der Waals surface area contributed by atoms with Crippen LogP contribution in [0.15, 0.2) is 143 Å². The molecule has 10 nitrogen and oxygen atoms in total. The van der Waals surface area contributed by atoms with Gasteiger partial charge in [-0.25, -0.2) is 13.3 Å². The van der Waals surface area contributed by atoms with Gasteiger partial charge in [-0.05, 0) is 128 Å². The summed E-state index contributed by atoms with van der Waals surface area (Å²) in [5.74, 6) is -0.339. The molecule has 0 radical (unpaired) electrons. The number of imide groups is 2. The molecule has 0 N–H and O–H groups in total. The highest BCUT2D eigenvalue weighted by atomic mass is 32.2. The number of fused-ring (bicyclic) bond motifs is 2. The lowest BCUT2D eigenvalue weighted by molar-refractivity contribution is 0.0506. The highest BCUT2D eigenvalue weighted by Gasteiger charge is 2.44. The average molecular weight is 847 g/mol. The van der Waals surface area contributed by atoms with Crippen molar-refractivity contribution in [2.45, 2.75) is 81.5 Å². The quantitative estimate of drug-likeness (QED) is 0.132. The topological polar surface area (TPSA) is 127 Å². The molecule has 0 atom stereocenters. The lowest BCUT2D eigenvalue weighted by atomic mass is 9.78. The highest BCUT2D eigenvalue weighted by molar-refractivity contribution is 7.91. The molecule has 314 valence electrons. The van der Waals surface area contributed by atoms with Gasteiger partial charge in [0, 0.05) is 11.0 Å². The molecule has 11 heteroatoms. The van der Waals surface area contributed by atoms with Crippen LogP contribution in [-0.2, 0) is 20.7 Å². The van der Waals surface area contributed by atoms with E-state index in [1.807, 2.05) is 69.3 Å². The van der Waals surface area contributed by atoms with Crippen LogP contribution in [0.25, 0.3) is 0 Å². The second-order valence-electron chi connectivity index (χ2n) is 18.1. The summed E-state index contributed by atoms with van der Waals surface area (Å²) in [5, 5.41) is 0. The molecule has 0 saturated carbocycles. The smallest absolute Gasteiger partial charge is 0.269 e. The third-order valence-electron chi connectivity index (χ3n) is 11.5. The monoisotopic (exact) mass is 846 g/mol. The van der Waals surface area contributed by atoms with E-state index in [0.29, 0.717) is 22.8 Å². The van der Waals surface area contributed by atoms with E-state index in [4.69, 9.17) is 9.47 Å². The molecule has 0 bridgehead atoms. The van der Waals surface area contributed by atoms with Crippen molar-refractivity contribution in [2.75, 3.05) is 4.90 Å². The van der Waals surface area contributed by atoms with Crippen molar-refractivity contribution < 1.29 is 37.1 Å². The van der Waals surface area contributed by atoms with Gasteiger partial charge in [0.05, 0.1) is 37.7 Å². The van der Waals surface area contributed by atoms with Crippen LogP contribution in [0.5, 0.6) is 23.0 Å². The van der Waals surface area contributed by atoms with Gasteiger partial charge in [0.1, 0.15) is 23.0 Å². The molecule has 0 aromatic heterocycles. The number of hydrogen-bond acceptors (Lipinski definition) is 8. The molecule has 0 fully saturated rings. The molecular weight excluding hydrogens is 801 g/mol. The van der Waals surface area contributed by atoms with E-state index in [9.17, 15) is 27.6 Å². The first-order chi connectivity index (χ1) is 29.2. The summed E-state index contributed by atoms with van der Waals surface area (Å²) in [5.41, 5.74) is 2.82. The fourth-order valence-electron chi connectivity index (χ4n) is 7.87. The Kier molecular flexibility index (Phi) is 10.1. The number of carbonyl (C=O) groups is 4. The fraction of sp³-hybridized carbons (Fsp3) is 0.216. The van der Waals surface area contributed by atoms with Gasteiger partial charge in [-0.15, -0.1) is 0 Å². The molecule has 0 saturated heterocycles. The number of ether oxygens (including phenoxy) is 2. The molecule has 2 aliphatic rings. The lowest BCUT2D eigenvalue weighted by Crippen LogP contribution is -2.45. The number of nitrogens with zero attached hydrogens (tertiary/aromatic N) is 2. The van der Waals surface area contributed by atoms with Gasteiger partial charge in [0.25, 0.3) is 23.6 Å². The Labute approximate surface area is 361 Å². The summed E-state index contributed by atoms with van der Waals surface area (Å²) in [6, 6.07) is 37.5. The van der Waals surface area contributed by atoms with Crippen molar-refractivity contribution >= 4 is 39.2 Å². The SMILES string of the molecule is CC(C)(C)c1ccc(S(=O)(=O)c2ccc(N3C(=O)c4cccc(Oc5ccc(C(C)(C)c6ccc(Oc7cccc8c7C(=O)N(C(C)(C)C)C8=O)cc6)cc5)c4C3=O)cc2)cc1. The summed E-state index contributed by atoms with van der Waals surface area (Å²) in [6.07, 6.45) is 0. The van der Waals surface area contributed by atoms with Crippen LogP contribution in [-0.4, -0.2) is 42.5 Å². The molecule has 2 heterocycles. The number of sulfone groups is 1. The van der Waals surface area contributed by atoms with E-state index >= 15 is 0 Å². The van der Waals surface area contributed by atoms with Crippen LogP contribution < -0.4 is 14.4 Å². The lowest BCUT2D eigenvalue weighted by Gasteiger charge is -2.29. The standard InChI is InChI=1S/C51H46N2O8S/c1-49(2,3)31-19-27-37(28-20-31)62(58,59)38-29-21-34(22-30-38)52-45(54)39-11-9-13-41(43(39)47(52)56)60-35-23-15-32(16-24-35)51(7,8)33-17-25-36(26-18-33)61-42-14-10-12-40-44(42)48(57)53(46(40)55)50(4,5)6/h9-30H,1-8H3. The van der Waals surface area contributed by atoms with E-state index in [1.54, 1.807) is 60.7 Å². The first-order valence-electron chi connectivity index (χ1n) is 20.2. The predicted octanol–water partition coefficient (Wildman–Crippen LogP) is 10.9. The number of carbonyl (C=O) groups excluding carboxylic acids is 4. The Hall–Kier alpha value is -6.85. The molecule has 0 spiro atoms. The molecule has 0 aliphatic carbocycles. The van der Waals surface area contributed by atoms with Crippen LogP contribution in [0.1, 0.15) is 114 Å². The minimum Gasteiger partial charge on any atom is -0.457 e. The summed E-state index contributed by atoms with van der Waals surface area (Å²) in [4.78, 5) is 56.4. The van der Waals surface area contributed by atoms with E-state index < -0.39 is 32.6 Å². The van der Waals surface area contributed by atoms with Crippen molar-refractivity contribution in [1.29, 1.82) is 0 Å². The number of anilines is 1. The molecule has 0 unspecified atom stereocenters. The van der Waals surface area contributed by atoms with E-state index in [-0.39, 0.29) is 55.1 Å². The maximum atomic E-state index is 13.9. The van der Waals surface area contributed by atoms with Crippen LogP contribution in [0.4, 0.5) is 5.69 Å². The summed E-state index contributed by atoms with van der Waals surface area (Å²) < 4.78 is 39.3. The molecule has 2 aliphatic heterocycles. The zero-order valence-electron chi connectivity index (χ0n) is 35.8. The maximum Gasteiger partial charge on any atom is 0.269 e. The van der Waals surface area contributed by atoms with Gasteiger partial charge in [0.2, 0.25) is 9.84 Å². The van der Waals surface area contributed by atoms with Gasteiger partial charge in [-0.2, -0.15) is 0 Å². The maximum absolute atomic E-state index is 13.9. The fourth-order valence-corrected chi connectivity index (χ4v) is 9.13. The van der Waals surface area contributed by atoms with Crippen molar-refractivity contribution in [2.24, 2.45) is 0 Å². The first kappa shape index (κ1) is 41.9. The Balaban J connectivity index is 0.960. The van der Waals surface area contributed by atoms with Gasteiger partial charge in [0.15, 0.2) is 0 Å². The van der Waals surface area contributed by atoms with Gasteiger partial charge < -0.3 is 9.47 Å². The molecule has 6 aromatic carbocycles. The van der Waals surface area contributed by atoms with Crippen molar-refractivity contribution in [1.82, 2.24) is 4.90 Å². The minimum atomic E-state index is -3.85. The Bertz CT molecular complexity index is 2900. The molecule has 4 amide bonds. The van der Waals surface area contributed by atoms with E-state index in [0.717, 1.165) is 21.6 Å². The third-order valence-corrected chi connectivity index (χ3v) is 13.3. The minimum absolute atomic E-state index is 0.0418. The Morgan fingerprint density at radius 3 is 1.32 bits per heavy atom. The molecular formula is C51H46N2O8S. The Morgan fingerprint density at radius 1 is 0.452 bits per heavy atom. The average Bonchev–Trinajstić information content (AvgIpc) is 3.66. The normalized spacial score (nSPS) is 14.3. The second-order valence-corrected chi connectivity index (χ2v) is 20.0. The number of rotatable bonds is 9. The number of hydrogen-bond donors (Lipinski definition) is 0. The van der Waals surface area contributed by atoms with Crippen molar-refractivity contribution in [3.05, 3.63) is 172 Å². The largest absolute Gasteiger partial charge is 0.457 e. The highest BCUT2D eigenvalue weighted by Crippen LogP contribution is 2.40. The zero-order valence-corrected chi connectivity index (χ0v) is 36.6. The summed E-state index contributed by atoms with van der Waals surface area (Å²) in [7, 11) is -3.85. The van der Waals surface area contributed by atoms with Gasteiger partial charge in [-0.3, -0.25) is 24.1 Å². The van der Waals surface area contributed by atoms with Crippen LogP contribution in [0, 0.1) is 0 Å². The predicted molar refractivity (Wildman–Crippen MR) is 236 cm³/mol. The number of benzene rings is 6. The van der Waals surface area contributed by atoms with Crippen molar-refractivity contribution in [3.63, 3.8) is 0 Å². The van der Waals surface area contributed by atoms with Crippen molar-refractivity contribution in [3.8, 4) is 23.0 Å². The van der Waals surface area contributed by atoms with E-state index in [2.05, 4.69) is 34.6 Å². The zero-order chi connectivity index (χ0) is 44.5. The molecule has 6 aromatic rings. The van der Waals surface area contributed by atoms with E-state index in [1.165, 1.54) is 29.2 Å². The third kappa shape index (κ3) is 7.26. The van der Waals surface area contributed by atoms with Crippen LogP contribution in [0.3, 0.4) is 0 Å².